The van der Waals surface area contributed by atoms with Crippen molar-refractivity contribution in [3.05, 3.63) is 31.0 Å². The molecule has 3 heteroatoms. The van der Waals surface area contributed by atoms with Gasteiger partial charge in [0.15, 0.2) is 0 Å². The molecule has 0 aromatic carbocycles. The molecule has 0 aliphatic rings. The van der Waals surface area contributed by atoms with Crippen LogP contribution in [0.1, 0.15) is 0 Å². The van der Waals surface area contributed by atoms with E-state index in [1.165, 1.54) is 6.33 Å². The van der Waals surface area contributed by atoms with Gasteiger partial charge >= 0.3 is 0 Å². The van der Waals surface area contributed by atoms with Crippen LogP contribution in [0, 0.1) is 0 Å². The number of nitrogens with zero attached hydrogens (tertiary/aromatic N) is 3. The van der Waals surface area contributed by atoms with E-state index in [1.807, 2.05) is 22.7 Å². The van der Waals surface area contributed by atoms with E-state index < -0.39 is 0 Å². The predicted octanol–water partition coefficient (Wildman–Crippen LogP) is 0.729. The summed E-state index contributed by atoms with van der Waals surface area (Å²) in [5, 5.41) is 0. The lowest BCUT2D eigenvalue weighted by molar-refractivity contribution is 1.02. The van der Waals surface area contributed by atoms with Gasteiger partial charge in [0.25, 0.3) is 0 Å². The molecule has 0 saturated heterocycles. The van der Waals surface area contributed by atoms with Crippen molar-refractivity contribution in [1.29, 1.82) is 0 Å². The maximum Gasteiger partial charge on any atom is 0.139 e. The summed E-state index contributed by atoms with van der Waals surface area (Å²) < 4.78 is 1.86. The van der Waals surface area contributed by atoms with Crippen LogP contribution in [0.25, 0.3) is 5.65 Å². The summed E-state index contributed by atoms with van der Waals surface area (Å²) in [5.41, 5.74) is 0.935. The van der Waals surface area contributed by atoms with Crippen LogP contribution in [-0.2, 0) is 0 Å². The van der Waals surface area contributed by atoms with Crippen LogP contribution in [-0.4, -0.2) is 14.4 Å². The Morgan fingerprint density at radius 3 is 3.33 bits per heavy atom. The highest BCUT2D eigenvalue weighted by Crippen LogP contribution is 1.95. The van der Waals surface area contributed by atoms with Gasteiger partial charge in [0.05, 0.1) is 0 Å². The maximum absolute atomic E-state index is 3.99. The second-order valence-corrected chi connectivity index (χ2v) is 1.78. The summed E-state index contributed by atoms with van der Waals surface area (Å²) in [7, 11) is 0. The van der Waals surface area contributed by atoms with Gasteiger partial charge in [-0.15, -0.1) is 0 Å². The zero-order valence-electron chi connectivity index (χ0n) is 4.73. The Morgan fingerprint density at radius 2 is 2.44 bits per heavy atom. The Balaban J connectivity index is 2.95. The fraction of sp³-hybridized carbons (Fsp3) is 0. The van der Waals surface area contributed by atoms with E-state index in [9.17, 15) is 0 Å². The number of fused-ring (bicyclic) bond motifs is 1. The number of hydrogen-bond donors (Lipinski definition) is 0. The molecular formula is C6H5N3. The number of aromatic nitrogens is 3. The van der Waals surface area contributed by atoms with E-state index in [0.29, 0.717) is 0 Å². The third-order valence-electron chi connectivity index (χ3n) is 1.20. The van der Waals surface area contributed by atoms with E-state index in [0.717, 1.165) is 5.65 Å². The third-order valence-corrected chi connectivity index (χ3v) is 1.20. The normalized spacial score (nSPS) is 10.2. The summed E-state index contributed by atoms with van der Waals surface area (Å²) in [6.45, 7) is 0. The minimum atomic E-state index is 0.935. The van der Waals surface area contributed by atoms with Crippen LogP contribution in [0.5, 0.6) is 0 Å². The highest BCUT2D eigenvalue weighted by atomic mass is 15.0. The maximum atomic E-state index is 3.99. The summed E-state index contributed by atoms with van der Waals surface area (Å²) in [5.74, 6) is 0. The molecular weight excluding hydrogens is 114 g/mol. The van der Waals surface area contributed by atoms with E-state index in [4.69, 9.17) is 0 Å². The lowest BCUT2D eigenvalue weighted by Gasteiger charge is -1.86. The SMILES string of the molecule is c1cc2ncncn2c1. The molecule has 0 aliphatic carbocycles. The molecule has 0 N–H and O–H groups in total. The molecule has 2 aromatic rings. The second kappa shape index (κ2) is 1.55. The monoisotopic (exact) mass is 119 g/mol. The van der Waals surface area contributed by atoms with E-state index in [1.54, 1.807) is 6.33 Å². The number of rotatable bonds is 0. The molecule has 0 atom stereocenters. The van der Waals surface area contributed by atoms with E-state index >= 15 is 0 Å². The predicted molar refractivity (Wildman–Crippen MR) is 33.0 cm³/mol. The molecule has 44 valence electrons. The van der Waals surface area contributed by atoms with Gasteiger partial charge in [0.1, 0.15) is 18.3 Å². The lowest BCUT2D eigenvalue weighted by atomic mass is 10.6. The van der Waals surface area contributed by atoms with Crippen LogP contribution in [0.2, 0.25) is 0 Å². The van der Waals surface area contributed by atoms with Crippen molar-refractivity contribution in [3.63, 3.8) is 0 Å². The first kappa shape index (κ1) is 4.49. The van der Waals surface area contributed by atoms with E-state index in [-0.39, 0.29) is 0 Å². The van der Waals surface area contributed by atoms with Gasteiger partial charge in [-0.1, -0.05) is 0 Å². The first-order valence-electron chi connectivity index (χ1n) is 2.69. The smallest absolute Gasteiger partial charge is 0.139 e. The second-order valence-electron chi connectivity index (χ2n) is 1.78. The van der Waals surface area contributed by atoms with Crippen molar-refractivity contribution in [3.8, 4) is 0 Å². The van der Waals surface area contributed by atoms with Gasteiger partial charge in [-0.2, -0.15) is 0 Å². The van der Waals surface area contributed by atoms with Gasteiger partial charge < -0.3 is 0 Å². The standard InChI is InChI=1S/C6H5N3/c1-2-6-8-4-7-5-9(6)3-1/h1-5H. The molecule has 2 rings (SSSR count). The van der Waals surface area contributed by atoms with Gasteiger partial charge in [-0.05, 0) is 12.1 Å². The molecule has 0 spiro atoms. The van der Waals surface area contributed by atoms with Gasteiger partial charge in [-0.3, -0.25) is 4.40 Å². The van der Waals surface area contributed by atoms with Crippen molar-refractivity contribution < 1.29 is 0 Å². The Bertz CT molecular complexity index is 282. The fourth-order valence-corrected chi connectivity index (χ4v) is 0.786. The van der Waals surface area contributed by atoms with Crippen LogP contribution in [0.15, 0.2) is 31.0 Å². The van der Waals surface area contributed by atoms with Crippen molar-refractivity contribution >= 4 is 5.65 Å². The van der Waals surface area contributed by atoms with Crippen molar-refractivity contribution in [1.82, 2.24) is 14.4 Å². The topological polar surface area (TPSA) is 30.2 Å². The van der Waals surface area contributed by atoms with E-state index in [2.05, 4.69) is 9.97 Å². The zero-order valence-corrected chi connectivity index (χ0v) is 4.73. The van der Waals surface area contributed by atoms with Gasteiger partial charge in [-0.25, -0.2) is 9.97 Å². The quantitative estimate of drug-likeness (QED) is 0.511. The van der Waals surface area contributed by atoms with Crippen LogP contribution in [0.3, 0.4) is 0 Å². The first-order chi connectivity index (χ1) is 4.47. The van der Waals surface area contributed by atoms with Crippen molar-refractivity contribution in [2.75, 3.05) is 0 Å². The summed E-state index contributed by atoms with van der Waals surface area (Å²) in [6, 6.07) is 3.87. The molecule has 0 unspecified atom stereocenters. The molecule has 2 aromatic heterocycles. The molecule has 2 heterocycles. The largest absolute Gasteiger partial charge is 0.292 e. The van der Waals surface area contributed by atoms with Crippen LogP contribution in [0.4, 0.5) is 0 Å². The molecule has 0 saturated carbocycles. The highest BCUT2D eigenvalue weighted by molar-refractivity contribution is 5.36. The molecule has 3 nitrogen and oxygen atoms in total. The molecule has 0 amide bonds. The minimum Gasteiger partial charge on any atom is -0.292 e. The molecule has 9 heavy (non-hydrogen) atoms. The lowest BCUT2D eigenvalue weighted by Crippen LogP contribution is -1.85. The highest BCUT2D eigenvalue weighted by Gasteiger charge is 1.86. The van der Waals surface area contributed by atoms with Crippen molar-refractivity contribution in [2.24, 2.45) is 0 Å². The van der Waals surface area contributed by atoms with Crippen LogP contribution >= 0.6 is 0 Å². The van der Waals surface area contributed by atoms with Crippen LogP contribution < -0.4 is 0 Å². The van der Waals surface area contributed by atoms with Gasteiger partial charge in [0, 0.05) is 6.20 Å². The Morgan fingerprint density at radius 1 is 1.44 bits per heavy atom. The molecule has 0 bridgehead atoms. The summed E-state index contributed by atoms with van der Waals surface area (Å²) in [6.07, 6.45) is 5.17. The summed E-state index contributed by atoms with van der Waals surface area (Å²) >= 11 is 0. The summed E-state index contributed by atoms with van der Waals surface area (Å²) in [4.78, 5) is 7.83. The fourth-order valence-electron chi connectivity index (χ4n) is 0.786. The van der Waals surface area contributed by atoms with Crippen molar-refractivity contribution in [2.45, 2.75) is 0 Å². The molecule has 0 fully saturated rings. The minimum absolute atomic E-state index is 0.935. The zero-order chi connectivity index (χ0) is 6.10. The number of hydrogen-bond acceptors (Lipinski definition) is 2. The average Bonchev–Trinajstić information content (AvgIpc) is 2.33. The Kier molecular flexibility index (Phi) is 0.773. The Hall–Kier alpha value is -1.38. The third kappa shape index (κ3) is 0.579. The molecule has 0 aliphatic heterocycles. The van der Waals surface area contributed by atoms with Gasteiger partial charge in [0.2, 0.25) is 0 Å². The Labute approximate surface area is 52.0 Å². The average molecular weight is 119 g/mol. The molecule has 0 radical (unpaired) electrons. The first-order valence-corrected chi connectivity index (χ1v) is 2.69.